The summed E-state index contributed by atoms with van der Waals surface area (Å²) in [5, 5.41) is 14.1. The molecule has 0 bridgehead atoms. The van der Waals surface area contributed by atoms with E-state index in [0.29, 0.717) is 13.1 Å². The summed E-state index contributed by atoms with van der Waals surface area (Å²) in [4.78, 5) is 18.8. The zero-order valence-electron chi connectivity index (χ0n) is 22.4. The van der Waals surface area contributed by atoms with Crippen LogP contribution in [0, 0.1) is 13.8 Å². The molecule has 190 valence electrons. The molecule has 1 N–H and O–H groups in total. The molecule has 7 heteroatoms. The molecule has 0 aliphatic carbocycles. The molecule has 0 aliphatic rings. The summed E-state index contributed by atoms with van der Waals surface area (Å²) >= 11 is 0. The Bertz CT molecular complexity index is 1370. The van der Waals surface area contributed by atoms with E-state index in [2.05, 4.69) is 103 Å². The Morgan fingerprint density at radius 2 is 1.81 bits per heavy atom. The quantitative estimate of drug-likeness (QED) is 0.305. The number of aromatic amines is 1. The Kier molecular flexibility index (Phi) is 7.69. The van der Waals surface area contributed by atoms with Crippen molar-refractivity contribution in [1.82, 2.24) is 30.1 Å². The molecule has 4 aromatic rings. The van der Waals surface area contributed by atoms with E-state index in [-0.39, 0.29) is 17.1 Å². The summed E-state index contributed by atoms with van der Waals surface area (Å²) in [7, 11) is 0. The van der Waals surface area contributed by atoms with Gasteiger partial charge in [0.15, 0.2) is 5.82 Å². The first-order valence-electron chi connectivity index (χ1n) is 12.9. The van der Waals surface area contributed by atoms with Gasteiger partial charge in [0.25, 0.3) is 5.56 Å². The molecule has 0 spiro atoms. The van der Waals surface area contributed by atoms with Gasteiger partial charge in [-0.3, -0.25) is 9.69 Å². The minimum Gasteiger partial charge on any atom is -0.321 e. The molecule has 0 saturated heterocycles. The highest BCUT2D eigenvalue weighted by atomic mass is 16.1. The number of aromatic nitrogens is 5. The first kappa shape index (κ1) is 25.8. The van der Waals surface area contributed by atoms with Gasteiger partial charge < -0.3 is 4.98 Å². The summed E-state index contributed by atoms with van der Waals surface area (Å²) in [5.41, 5.74) is 4.88. The lowest BCUT2D eigenvalue weighted by Gasteiger charge is -2.33. The van der Waals surface area contributed by atoms with E-state index in [0.717, 1.165) is 47.1 Å². The van der Waals surface area contributed by atoms with Gasteiger partial charge in [0.2, 0.25) is 0 Å². The van der Waals surface area contributed by atoms with Crippen LogP contribution in [0.3, 0.4) is 0 Å². The van der Waals surface area contributed by atoms with Crippen LogP contribution in [0.2, 0.25) is 0 Å². The zero-order valence-corrected chi connectivity index (χ0v) is 22.4. The highest BCUT2D eigenvalue weighted by Crippen LogP contribution is 2.31. The minimum atomic E-state index is -0.209. The number of fused-ring (bicyclic) bond motifs is 1. The fourth-order valence-corrected chi connectivity index (χ4v) is 4.73. The van der Waals surface area contributed by atoms with Crippen molar-refractivity contribution in [3.63, 3.8) is 0 Å². The van der Waals surface area contributed by atoms with Crippen molar-refractivity contribution in [2.24, 2.45) is 0 Å². The lowest BCUT2D eigenvalue weighted by atomic mass is 10.00. The second-order valence-electron chi connectivity index (χ2n) is 10.4. The fourth-order valence-electron chi connectivity index (χ4n) is 4.73. The SMILES string of the molecule is CCCC(c1nnnn1C(C)(C)CC)N(Cc1ccccc1)Cc1cc2ccc(C)c(C)c2[nH]c1=O. The topological polar surface area (TPSA) is 79.7 Å². The molecule has 1 unspecified atom stereocenters. The maximum atomic E-state index is 13.3. The Morgan fingerprint density at radius 1 is 1.06 bits per heavy atom. The molecule has 2 aromatic carbocycles. The molecule has 0 radical (unpaired) electrons. The van der Waals surface area contributed by atoms with Crippen molar-refractivity contribution in [1.29, 1.82) is 0 Å². The molecule has 0 amide bonds. The summed E-state index contributed by atoms with van der Waals surface area (Å²) in [5.74, 6) is 0.850. The molecule has 0 aliphatic heterocycles. The van der Waals surface area contributed by atoms with Crippen molar-refractivity contribution in [3.05, 3.63) is 87.0 Å². The molecule has 2 heterocycles. The number of hydrogen-bond donors (Lipinski definition) is 1. The highest BCUT2D eigenvalue weighted by Gasteiger charge is 2.31. The molecule has 1 atom stereocenters. The van der Waals surface area contributed by atoms with Gasteiger partial charge >= 0.3 is 0 Å². The van der Waals surface area contributed by atoms with Crippen molar-refractivity contribution in [3.8, 4) is 0 Å². The number of nitrogens with one attached hydrogen (secondary N) is 1. The smallest absolute Gasteiger partial charge is 0.252 e. The molecule has 0 fully saturated rings. The minimum absolute atomic E-state index is 0.0362. The molecule has 36 heavy (non-hydrogen) atoms. The maximum Gasteiger partial charge on any atom is 0.252 e. The van der Waals surface area contributed by atoms with Gasteiger partial charge in [0, 0.05) is 18.7 Å². The number of pyridine rings is 1. The summed E-state index contributed by atoms with van der Waals surface area (Å²) in [6.07, 6.45) is 2.77. The predicted molar refractivity (Wildman–Crippen MR) is 145 cm³/mol. The largest absolute Gasteiger partial charge is 0.321 e. The van der Waals surface area contributed by atoms with E-state index in [1.807, 2.05) is 16.8 Å². The molecule has 2 aromatic heterocycles. The zero-order chi connectivity index (χ0) is 25.9. The second-order valence-corrected chi connectivity index (χ2v) is 10.4. The van der Waals surface area contributed by atoms with Crippen LogP contribution in [-0.2, 0) is 18.6 Å². The molecule has 0 saturated carbocycles. The first-order valence-corrected chi connectivity index (χ1v) is 12.9. The molecular weight excluding hydrogens is 448 g/mol. The van der Waals surface area contributed by atoms with Gasteiger partial charge in [-0.1, -0.05) is 62.7 Å². The monoisotopic (exact) mass is 486 g/mol. The van der Waals surface area contributed by atoms with Crippen LogP contribution in [0.1, 0.15) is 81.1 Å². The summed E-state index contributed by atoms with van der Waals surface area (Å²) < 4.78 is 1.97. The van der Waals surface area contributed by atoms with Crippen LogP contribution in [0.4, 0.5) is 0 Å². The van der Waals surface area contributed by atoms with E-state index in [1.165, 1.54) is 11.1 Å². The van der Waals surface area contributed by atoms with E-state index >= 15 is 0 Å². The van der Waals surface area contributed by atoms with E-state index < -0.39 is 0 Å². The number of hydrogen-bond acceptors (Lipinski definition) is 5. The van der Waals surface area contributed by atoms with Gasteiger partial charge in [0.1, 0.15) is 0 Å². The second kappa shape index (κ2) is 10.7. The van der Waals surface area contributed by atoms with Crippen LogP contribution in [0.25, 0.3) is 10.9 Å². The van der Waals surface area contributed by atoms with Gasteiger partial charge in [-0.25, -0.2) is 4.68 Å². The fraction of sp³-hybridized carbons (Fsp3) is 0.448. The van der Waals surface area contributed by atoms with Gasteiger partial charge in [0.05, 0.1) is 17.1 Å². The Hall–Kier alpha value is -3.32. The summed E-state index contributed by atoms with van der Waals surface area (Å²) in [6.45, 7) is 14.0. The molecule has 7 nitrogen and oxygen atoms in total. The van der Waals surface area contributed by atoms with E-state index in [4.69, 9.17) is 0 Å². The number of nitrogens with zero attached hydrogens (tertiary/aromatic N) is 5. The lowest BCUT2D eigenvalue weighted by molar-refractivity contribution is 0.145. The van der Waals surface area contributed by atoms with Crippen molar-refractivity contribution >= 4 is 10.9 Å². The van der Waals surface area contributed by atoms with Crippen LogP contribution in [0.15, 0.2) is 53.3 Å². The number of H-pyrrole nitrogens is 1. The number of rotatable bonds is 10. The van der Waals surface area contributed by atoms with Crippen LogP contribution >= 0.6 is 0 Å². The van der Waals surface area contributed by atoms with Crippen LogP contribution < -0.4 is 5.56 Å². The average Bonchev–Trinajstić information content (AvgIpc) is 3.37. The maximum absolute atomic E-state index is 13.3. The van der Waals surface area contributed by atoms with Gasteiger partial charge in [-0.15, -0.1) is 5.10 Å². The predicted octanol–water partition coefficient (Wildman–Crippen LogP) is 5.82. The van der Waals surface area contributed by atoms with Crippen molar-refractivity contribution < 1.29 is 0 Å². The average molecular weight is 487 g/mol. The summed E-state index contributed by atoms with van der Waals surface area (Å²) in [6, 6.07) is 16.6. The third-order valence-electron chi connectivity index (χ3n) is 7.46. The van der Waals surface area contributed by atoms with E-state index in [1.54, 1.807) is 0 Å². The van der Waals surface area contributed by atoms with Crippen molar-refractivity contribution in [2.75, 3.05) is 0 Å². The first-order chi connectivity index (χ1) is 17.2. The van der Waals surface area contributed by atoms with Crippen LogP contribution in [-0.4, -0.2) is 30.1 Å². The number of aryl methyl sites for hydroxylation is 2. The Balaban J connectivity index is 1.80. The number of benzene rings is 2. The Morgan fingerprint density at radius 3 is 2.50 bits per heavy atom. The third-order valence-corrected chi connectivity index (χ3v) is 7.46. The van der Waals surface area contributed by atoms with Gasteiger partial charge in [-0.05, 0) is 79.1 Å². The highest BCUT2D eigenvalue weighted by molar-refractivity contribution is 5.83. The van der Waals surface area contributed by atoms with Gasteiger partial charge in [-0.2, -0.15) is 0 Å². The number of tetrazole rings is 1. The standard InChI is InChI=1S/C29H38N6O/c1-7-12-25(27-31-32-33-35(27)29(5,6)8-2)34(18-22-13-10-9-11-14-22)19-24-17-23-16-15-20(3)21(4)26(23)30-28(24)36/h9-11,13-17,25H,7-8,12,18-19H2,1-6H3,(H,30,36). The molecule has 4 rings (SSSR count). The van der Waals surface area contributed by atoms with Crippen LogP contribution in [0.5, 0.6) is 0 Å². The molecular formula is C29H38N6O. The normalized spacial score (nSPS) is 13.0. The van der Waals surface area contributed by atoms with E-state index in [9.17, 15) is 4.79 Å². The lowest BCUT2D eigenvalue weighted by Crippen LogP contribution is -2.36. The van der Waals surface area contributed by atoms with Crippen molar-refractivity contribution in [2.45, 2.75) is 85.5 Å². The Labute approximate surface area is 213 Å². The third kappa shape index (κ3) is 5.26.